The van der Waals surface area contributed by atoms with Crippen molar-refractivity contribution >= 4 is 28.4 Å². The lowest BCUT2D eigenvalue weighted by atomic mass is 10.1. The molecule has 3 nitrogen and oxygen atoms in total. The average Bonchev–Trinajstić information content (AvgIpc) is 2.49. The minimum Gasteiger partial charge on any atom is -0.383 e. The summed E-state index contributed by atoms with van der Waals surface area (Å²) >= 11 is 2.18. The molecule has 1 heterocycles. The number of aryl methyl sites for hydroxylation is 2. The molecule has 0 bridgehead atoms. The minimum atomic E-state index is 0.697. The summed E-state index contributed by atoms with van der Waals surface area (Å²) in [5, 5.41) is 4.26. The molecule has 0 fully saturated rings. The predicted molar refractivity (Wildman–Crippen MR) is 70.2 cm³/mol. The second kappa shape index (κ2) is 3.84. The number of rotatable bonds is 1. The Kier molecular flexibility index (Phi) is 2.68. The molecule has 0 unspecified atom stereocenters. The first kappa shape index (κ1) is 10.5. The summed E-state index contributed by atoms with van der Waals surface area (Å²) in [7, 11) is 0. The van der Waals surface area contributed by atoms with Crippen molar-refractivity contribution in [3.63, 3.8) is 0 Å². The van der Waals surface area contributed by atoms with Crippen LogP contribution in [0, 0.1) is 17.4 Å². The summed E-state index contributed by atoms with van der Waals surface area (Å²) in [6.07, 6.45) is 1.77. The highest BCUT2D eigenvalue weighted by atomic mass is 127. The summed E-state index contributed by atoms with van der Waals surface area (Å²) in [4.78, 5) is 0. The maximum Gasteiger partial charge on any atom is 0.140 e. The van der Waals surface area contributed by atoms with Crippen molar-refractivity contribution < 1.29 is 0 Å². The van der Waals surface area contributed by atoms with Crippen molar-refractivity contribution in [1.29, 1.82) is 0 Å². The second-order valence-electron chi connectivity index (χ2n) is 3.58. The summed E-state index contributed by atoms with van der Waals surface area (Å²) in [6, 6.07) is 6.24. The first-order valence-corrected chi connectivity index (χ1v) is 5.74. The molecule has 0 aliphatic carbocycles. The van der Waals surface area contributed by atoms with Gasteiger partial charge in [-0.15, -0.1) is 0 Å². The van der Waals surface area contributed by atoms with Crippen molar-refractivity contribution in [3.05, 3.63) is 39.1 Å². The lowest BCUT2D eigenvalue weighted by Crippen LogP contribution is -2.04. The molecule has 0 amide bonds. The molecule has 4 heteroatoms. The van der Waals surface area contributed by atoms with Crippen LogP contribution in [-0.4, -0.2) is 9.78 Å². The molecule has 0 spiro atoms. The molecule has 0 radical (unpaired) electrons. The Bertz CT molecular complexity index is 503. The van der Waals surface area contributed by atoms with Gasteiger partial charge in [0.2, 0.25) is 0 Å². The number of nitrogens with zero attached hydrogens (tertiary/aromatic N) is 2. The van der Waals surface area contributed by atoms with Crippen molar-refractivity contribution in [2.24, 2.45) is 0 Å². The van der Waals surface area contributed by atoms with Gasteiger partial charge in [-0.1, -0.05) is 17.7 Å². The largest absolute Gasteiger partial charge is 0.383 e. The summed E-state index contributed by atoms with van der Waals surface area (Å²) in [6.45, 7) is 4.14. The Morgan fingerprint density at radius 3 is 2.60 bits per heavy atom. The average molecular weight is 313 g/mol. The van der Waals surface area contributed by atoms with E-state index in [0.717, 1.165) is 9.26 Å². The molecule has 0 saturated carbocycles. The van der Waals surface area contributed by atoms with Crippen LogP contribution in [0.15, 0.2) is 24.4 Å². The fraction of sp³-hybridized carbons (Fsp3) is 0.182. The normalized spacial score (nSPS) is 10.6. The molecule has 1 aromatic heterocycles. The highest BCUT2D eigenvalue weighted by Crippen LogP contribution is 2.21. The van der Waals surface area contributed by atoms with E-state index in [1.807, 2.05) is 6.07 Å². The highest BCUT2D eigenvalue weighted by Gasteiger charge is 2.08. The van der Waals surface area contributed by atoms with Gasteiger partial charge in [0.05, 0.1) is 15.5 Å². The quantitative estimate of drug-likeness (QED) is 0.823. The summed E-state index contributed by atoms with van der Waals surface area (Å²) in [5.74, 6) is 0.697. The molecule has 0 aliphatic rings. The molecule has 0 saturated heterocycles. The number of nitrogen functional groups attached to an aromatic ring is 1. The number of hydrogen-bond donors (Lipinski definition) is 1. The SMILES string of the molecule is Cc1ccc(-n2ncc(I)c2N)c(C)c1. The van der Waals surface area contributed by atoms with Gasteiger partial charge in [-0.2, -0.15) is 5.10 Å². The van der Waals surface area contributed by atoms with Gasteiger partial charge in [-0.3, -0.25) is 0 Å². The van der Waals surface area contributed by atoms with E-state index in [4.69, 9.17) is 5.73 Å². The number of aromatic nitrogens is 2. The molecular formula is C11H12IN3. The summed E-state index contributed by atoms with van der Waals surface area (Å²) in [5.41, 5.74) is 9.41. The van der Waals surface area contributed by atoms with Crippen LogP contribution < -0.4 is 5.73 Å². The van der Waals surface area contributed by atoms with Crippen LogP contribution in [0.5, 0.6) is 0 Å². The van der Waals surface area contributed by atoms with E-state index in [-0.39, 0.29) is 0 Å². The van der Waals surface area contributed by atoms with Crippen molar-refractivity contribution in [1.82, 2.24) is 9.78 Å². The van der Waals surface area contributed by atoms with Crippen LogP contribution in [0.25, 0.3) is 5.69 Å². The minimum absolute atomic E-state index is 0.697. The zero-order valence-corrected chi connectivity index (χ0v) is 10.8. The number of nitrogens with two attached hydrogens (primary N) is 1. The Balaban J connectivity index is 2.59. The molecular weight excluding hydrogens is 301 g/mol. The van der Waals surface area contributed by atoms with Crippen LogP contribution in [0.1, 0.15) is 11.1 Å². The number of halogens is 1. The molecule has 15 heavy (non-hydrogen) atoms. The van der Waals surface area contributed by atoms with Gasteiger partial charge in [0, 0.05) is 0 Å². The zero-order chi connectivity index (χ0) is 11.0. The third kappa shape index (κ3) is 1.86. The summed E-state index contributed by atoms with van der Waals surface area (Å²) < 4.78 is 2.75. The Morgan fingerprint density at radius 2 is 2.07 bits per heavy atom. The van der Waals surface area contributed by atoms with Crippen LogP contribution in [0.2, 0.25) is 0 Å². The van der Waals surface area contributed by atoms with Gasteiger partial charge in [0.15, 0.2) is 0 Å². The smallest absolute Gasteiger partial charge is 0.140 e. The first-order chi connectivity index (χ1) is 7.09. The number of hydrogen-bond acceptors (Lipinski definition) is 2. The topological polar surface area (TPSA) is 43.8 Å². The maximum atomic E-state index is 5.93. The van der Waals surface area contributed by atoms with Gasteiger partial charge >= 0.3 is 0 Å². The lowest BCUT2D eigenvalue weighted by Gasteiger charge is -2.08. The van der Waals surface area contributed by atoms with Crippen molar-refractivity contribution in [2.45, 2.75) is 13.8 Å². The van der Waals surface area contributed by atoms with Gasteiger partial charge < -0.3 is 5.73 Å². The van der Waals surface area contributed by atoms with Gasteiger partial charge in [0.25, 0.3) is 0 Å². The second-order valence-corrected chi connectivity index (χ2v) is 4.74. The maximum absolute atomic E-state index is 5.93. The van der Waals surface area contributed by atoms with E-state index in [9.17, 15) is 0 Å². The predicted octanol–water partition coefficient (Wildman–Crippen LogP) is 2.68. The molecule has 2 aromatic rings. The van der Waals surface area contributed by atoms with Crippen LogP contribution >= 0.6 is 22.6 Å². The first-order valence-electron chi connectivity index (χ1n) is 4.66. The number of anilines is 1. The van der Waals surface area contributed by atoms with E-state index in [1.165, 1.54) is 11.1 Å². The molecule has 78 valence electrons. The lowest BCUT2D eigenvalue weighted by molar-refractivity contribution is 0.882. The highest BCUT2D eigenvalue weighted by molar-refractivity contribution is 14.1. The third-order valence-corrected chi connectivity index (χ3v) is 3.17. The van der Waals surface area contributed by atoms with Crippen LogP contribution in [0.3, 0.4) is 0 Å². The fourth-order valence-corrected chi connectivity index (χ4v) is 1.93. The number of benzene rings is 1. The molecule has 1 aromatic carbocycles. The van der Waals surface area contributed by atoms with E-state index >= 15 is 0 Å². The van der Waals surface area contributed by atoms with Gasteiger partial charge in [-0.25, -0.2) is 4.68 Å². The third-order valence-electron chi connectivity index (χ3n) is 2.34. The van der Waals surface area contributed by atoms with Crippen LogP contribution in [-0.2, 0) is 0 Å². The molecule has 0 aliphatic heterocycles. The Labute approximate surface area is 102 Å². The van der Waals surface area contributed by atoms with Crippen molar-refractivity contribution in [2.75, 3.05) is 5.73 Å². The zero-order valence-electron chi connectivity index (χ0n) is 8.66. The van der Waals surface area contributed by atoms with Crippen LogP contribution in [0.4, 0.5) is 5.82 Å². The van der Waals surface area contributed by atoms with E-state index in [2.05, 4.69) is 53.7 Å². The van der Waals surface area contributed by atoms with E-state index in [1.54, 1.807) is 10.9 Å². The molecule has 2 rings (SSSR count). The standard InChI is InChI=1S/C11H12IN3/c1-7-3-4-10(8(2)5-7)15-11(13)9(12)6-14-15/h3-6H,13H2,1-2H3. The Hall–Kier alpha value is -1.04. The molecule has 2 N–H and O–H groups in total. The monoisotopic (exact) mass is 313 g/mol. The van der Waals surface area contributed by atoms with Crippen molar-refractivity contribution in [3.8, 4) is 5.69 Å². The molecule has 0 atom stereocenters. The van der Waals surface area contributed by atoms with E-state index < -0.39 is 0 Å². The fourth-order valence-electron chi connectivity index (χ4n) is 1.57. The van der Waals surface area contributed by atoms with Gasteiger partial charge in [0.1, 0.15) is 5.82 Å². The van der Waals surface area contributed by atoms with Gasteiger partial charge in [-0.05, 0) is 48.1 Å². The Morgan fingerprint density at radius 1 is 1.33 bits per heavy atom. The van der Waals surface area contributed by atoms with E-state index in [0.29, 0.717) is 5.82 Å².